The zero-order valence-corrected chi connectivity index (χ0v) is 15.8. The molecule has 0 aromatic carbocycles. The summed E-state index contributed by atoms with van der Waals surface area (Å²) in [4.78, 5) is 12.2. The first-order valence-corrected chi connectivity index (χ1v) is 9.11. The normalized spacial score (nSPS) is 15.0. The minimum Gasteiger partial charge on any atom is -0.389 e. The van der Waals surface area contributed by atoms with E-state index in [0.29, 0.717) is 16.7 Å². The first kappa shape index (κ1) is 19.4. The summed E-state index contributed by atoms with van der Waals surface area (Å²) in [5, 5.41) is 20.7. The molecule has 3 N–H and O–H groups in total. The average Bonchev–Trinajstić information content (AvgIpc) is 3.33. The molecule has 0 unspecified atom stereocenters. The van der Waals surface area contributed by atoms with E-state index in [0.717, 1.165) is 19.0 Å². The minimum atomic E-state index is -4.54. The molecule has 29 heavy (non-hydrogen) atoms. The summed E-state index contributed by atoms with van der Waals surface area (Å²) in [7, 11) is 0. The molecular formula is C18H20F3N7O. The Morgan fingerprint density at radius 1 is 1.21 bits per heavy atom. The molecule has 1 aliphatic rings. The fourth-order valence-corrected chi connectivity index (χ4v) is 2.87. The highest BCUT2D eigenvalue weighted by Crippen LogP contribution is 2.36. The first-order chi connectivity index (χ1) is 13.6. The van der Waals surface area contributed by atoms with Gasteiger partial charge in [0.15, 0.2) is 5.65 Å². The van der Waals surface area contributed by atoms with Gasteiger partial charge in [-0.2, -0.15) is 23.3 Å². The second-order valence-corrected chi connectivity index (χ2v) is 7.71. The summed E-state index contributed by atoms with van der Waals surface area (Å²) in [6.07, 6.45) is 0.976. The second kappa shape index (κ2) is 6.83. The molecule has 11 heteroatoms. The van der Waals surface area contributed by atoms with Gasteiger partial charge in [0.1, 0.15) is 11.4 Å². The van der Waals surface area contributed by atoms with Crippen LogP contribution in [0.25, 0.3) is 11.0 Å². The number of pyridine rings is 1. The van der Waals surface area contributed by atoms with Crippen LogP contribution in [0.2, 0.25) is 0 Å². The maximum absolute atomic E-state index is 13.2. The van der Waals surface area contributed by atoms with Crippen molar-refractivity contribution < 1.29 is 18.3 Å². The van der Waals surface area contributed by atoms with Crippen molar-refractivity contribution in [3.8, 4) is 0 Å². The van der Waals surface area contributed by atoms with E-state index in [-0.39, 0.29) is 24.4 Å². The van der Waals surface area contributed by atoms with Gasteiger partial charge in [0.2, 0.25) is 5.95 Å². The molecule has 0 saturated heterocycles. The van der Waals surface area contributed by atoms with E-state index in [4.69, 9.17) is 0 Å². The van der Waals surface area contributed by atoms with Gasteiger partial charge in [0.25, 0.3) is 0 Å². The van der Waals surface area contributed by atoms with Crippen molar-refractivity contribution in [1.29, 1.82) is 0 Å². The average molecular weight is 407 g/mol. The lowest BCUT2D eigenvalue weighted by Gasteiger charge is -2.17. The van der Waals surface area contributed by atoms with E-state index in [1.807, 2.05) is 0 Å². The summed E-state index contributed by atoms with van der Waals surface area (Å²) >= 11 is 0. The van der Waals surface area contributed by atoms with Crippen molar-refractivity contribution >= 4 is 28.5 Å². The van der Waals surface area contributed by atoms with Crippen LogP contribution >= 0.6 is 0 Å². The topological polar surface area (TPSA) is 101 Å². The molecule has 0 atom stereocenters. The third-order valence-corrected chi connectivity index (χ3v) is 4.34. The Morgan fingerprint density at radius 2 is 1.97 bits per heavy atom. The molecule has 0 radical (unpaired) electrons. The highest BCUT2D eigenvalue weighted by molar-refractivity contribution is 5.90. The molecule has 3 heterocycles. The zero-order chi connectivity index (χ0) is 20.8. The van der Waals surface area contributed by atoms with E-state index in [1.54, 1.807) is 37.0 Å². The van der Waals surface area contributed by atoms with Gasteiger partial charge in [-0.3, -0.25) is 0 Å². The standard InChI is InChI=1S/C18H20F3N7O/c1-17(2,29)9-28-15-11(7-24-28)13(5-6-22-15)26-16-23-8-12(18(19,20)21)14(27-16)25-10-3-4-10/h5-8,10,29H,3-4,9H2,1-2H3,(H2,22,23,25,26,27). The molecular weight excluding hydrogens is 387 g/mol. The van der Waals surface area contributed by atoms with Gasteiger partial charge in [0.05, 0.1) is 29.4 Å². The van der Waals surface area contributed by atoms with E-state index in [9.17, 15) is 18.3 Å². The number of alkyl halides is 3. The number of hydrogen-bond acceptors (Lipinski definition) is 7. The van der Waals surface area contributed by atoms with Gasteiger partial charge in [0, 0.05) is 18.4 Å². The van der Waals surface area contributed by atoms with Crippen LogP contribution < -0.4 is 10.6 Å². The summed E-state index contributed by atoms with van der Waals surface area (Å²) < 4.78 is 41.3. The number of hydrogen-bond donors (Lipinski definition) is 3. The molecule has 1 aliphatic carbocycles. The Balaban J connectivity index is 1.66. The van der Waals surface area contributed by atoms with Gasteiger partial charge < -0.3 is 15.7 Å². The van der Waals surface area contributed by atoms with Gasteiger partial charge >= 0.3 is 6.18 Å². The quantitative estimate of drug-likeness (QED) is 0.576. The SMILES string of the molecule is CC(C)(O)Cn1ncc2c(Nc3ncc(C(F)(F)F)c(NC4CC4)n3)ccnc21. The van der Waals surface area contributed by atoms with Crippen LogP contribution in [0.1, 0.15) is 32.3 Å². The number of nitrogens with zero attached hydrogens (tertiary/aromatic N) is 5. The maximum Gasteiger partial charge on any atom is 0.421 e. The van der Waals surface area contributed by atoms with Gasteiger partial charge in [-0.15, -0.1) is 0 Å². The van der Waals surface area contributed by atoms with E-state index < -0.39 is 17.3 Å². The van der Waals surface area contributed by atoms with Crippen LogP contribution in [0.5, 0.6) is 0 Å². The number of aliphatic hydroxyl groups is 1. The Kier molecular flexibility index (Phi) is 4.56. The van der Waals surface area contributed by atoms with Crippen LogP contribution in [0.3, 0.4) is 0 Å². The molecule has 1 saturated carbocycles. The van der Waals surface area contributed by atoms with Gasteiger partial charge in [-0.05, 0) is 32.8 Å². The number of aromatic nitrogens is 5. The van der Waals surface area contributed by atoms with Crippen molar-refractivity contribution in [2.75, 3.05) is 10.6 Å². The van der Waals surface area contributed by atoms with Crippen LogP contribution in [-0.4, -0.2) is 41.5 Å². The van der Waals surface area contributed by atoms with E-state index >= 15 is 0 Å². The number of nitrogens with one attached hydrogen (secondary N) is 2. The van der Waals surface area contributed by atoms with Gasteiger partial charge in [-0.1, -0.05) is 0 Å². The van der Waals surface area contributed by atoms with Crippen molar-refractivity contribution in [3.05, 3.63) is 30.2 Å². The highest BCUT2D eigenvalue weighted by atomic mass is 19.4. The van der Waals surface area contributed by atoms with Crippen LogP contribution in [0, 0.1) is 0 Å². The molecule has 154 valence electrons. The molecule has 0 aliphatic heterocycles. The summed E-state index contributed by atoms with van der Waals surface area (Å²) in [6.45, 7) is 3.55. The zero-order valence-electron chi connectivity index (χ0n) is 15.8. The lowest BCUT2D eigenvalue weighted by atomic mass is 10.1. The fourth-order valence-electron chi connectivity index (χ4n) is 2.87. The predicted octanol–water partition coefficient (Wildman–Crippen LogP) is 3.33. The summed E-state index contributed by atoms with van der Waals surface area (Å²) in [5.74, 6) is -0.204. The largest absolute Gasteiger partial charge is 0.421 e. The van der Waals surface area contributed by atoms with Gasteiger partial charge in [-0.25, -0.2) is 14.6 Å². The molecule has 8 nitrogen and oxygen atoms in total. The van der Waals surface area contributed by atoms with E-state index in [1.165, 1.54) is 0 Å². The van der Waals surface area contributed by atoms with Crippen molar-refractivity contribution in [2.24, 2.45) is 0 Å². The second-order valence-electron chi connectivity index (χ2n) is 7.71. The van der Waals surface area contributed by atoms with Crippen molar-refractivity contribution in [2.45, 2.75) is 51.1 Å². The Hall–Kier alpha value is -2.95. The van der Waals surface area contributed by atoms with E-state index in [2.05, 4.69) is 30.7 Å². The third-order valence-electron chi connectivity index (χ3n) is 4.34. The summed E-state index contributed by atoms with van der Waals surface area (Å²) in [5.41, 5.74) is -0.799. The Labute approximate surface area is 164 Å². The lowest BCUT2D eigenvalue weighted by Crippen LogP contribution is -2.26. The maximum atomic E-state index is 13.2. The van der Waals surface area contributed by atoms with Crippen molar-refractivity contribution in [3.63, 3.8) is 0 Å². The predicted molar refractivity (Wildman–Crippen MR) is 101 cm³/mol. The Bertz CT molecular complexity index is 1040. The first-order valence-electron chi connectivity index (χ1n) is 9.11. The van der Waals surface area contributed by atoms with Crippen LogP contribution in [0.4, 0.5) is 30.6 Å². The lowest BCUT2D eigenvalue weighted by molar-refractivity contribution is -0.137. The van der Waals surface area contributed by atoms with Crippen LogP contribution in [-0.2, 0) is 12.7 Å². The third kappa shape index (κ3) is 4.39. The molecule has 3 aromatic rings. The molecule has 0 amide bonds. The van der Waals surface area contributed by atoms with Crippen molar-refractivity contribution in [1.82, 2.24) is 24.7 Å². The minimum absolute atomic E-state index is 0.00606. The molecule has 3 aromatic heterocycles. The fraction of sp³-hybridized carbons (Fsp3) is 0.444. The Morgan fingerprint density at radius 3 is 2.62 bits per heavy atom. The molecule has 0 bridgehead atoms. The number of rotatable bonds is 6. The smallest absolute Gasteiger partial charge is 0.389 e. The summed E-state index contributed by atoms with van der Waals surface area (Å²) in [6, 6.07) is 1.67. The highest BCUT2D eigenvalue weighted by Gasteiger charge is 2.37. The number of anilines is 3. The molecule has 0 spiro atoms. The number of fused-ring (bicyclic) bond motifs is 1. The van der Waals surface area contributed by atoms with Crippen LogP contribution in [0.15, 0.2) is 24.7 Å². The number of halogens is 3. The molecule has 1 fully saturated rings. The monoisotopic (exact) mass is 407 g/mol. The molecule has 4 rings (SSSR count).